The molecule has 10 nitrogen and oxygen atoms in total. The molecule has 2 amide bonds. The first-order chi connectivity index (χ1) is 16.4. The smallest absolute Gasteiger partial charge is 0.341 e. The van der Waals surface area contributed by atoms with Gasteiger partial charge >= 0.3 is 11.9 Å². The standard InChI is InChI=1S/C23H24N2O8S/c1-3-30-23(29)20-14(8-13-4-6-16-17(9-13)33-11-32-16)12(2)34-21(20)25-19(27)10-31-22(28)15-5-7-18(26)24-15/h4,6,9,15H,3,5,7-8,10-11H2,1-2H3,(H,24,26)(H,25,27)/t15-/m0/s1. The minimum Gasteiger partial charge on any atom is -0.462 e. The molecule has 1 atom stereocenters. The lowest BCUT2D eigenvalue weighted by Crippen LogP contribution is -2.36. The molecule has 1 saturated heterocycles. The van der Waals surface area contributed by atoms with Crippen LogP contribution in [-0.2, 0) is 30.3 Å². The third kappa shape index (κ3) is 5.14. The summed E-state index contributed by atoms with van der Waals surface area (Å²) < 4.78 is 21.1. The van der Waals surface area contributed by atoms with Gasteiger partial charge in [0.05, 0.1) is 12.2 Å². The van der Waals surface area contributed by atoms with Crippen molar-refractivity contribution in [3.05, 3.63) is 39.8 Å². The van der Waals surface area contributed by atoms with E-state index in [1.807, 2.05) is 25.1 Å². The van der Waals surface area contributed by atoms with Crippen molar-refractivity contribution in [1.82, 2.24) is 5.32 Å². The van der Waals surface area contributed by atoms with E-state index in [1.54, 1.807) is 6.92 Å². The Labute approximate surface area is 199 Å². The first-order valence-electron chi connectivity index (χ1n) is 10.8. The molecule has 180 valence electrons. The lowest BCUT2D eigenvalue weighted by atomic mass is 10.0. The summed E-state index contributed by atoms with van der Waals surface area (Å²) in [4.78, 5) is 49.4. The second kappa shape index (κ2) is 10.1. The van der Waals surface area contributed by atoms with E-state index in [2.05, 4.69) is 10.6 Å². The Morgan fingerprint density at radius 2 is 2.00 bits per heavy atom. The van der Waals surface area contributed by atoms with Gasteiger partial charge in [0.2, 0.25) is 12.7 Å². The van der Waals surface area contributed by atoms with Gasteiger partial charge in [0, 0.05) is 11.3 Å². The van der Waals surface area contributed by atoms with Crippen LogP contribution in [0, 0.1) is 6.92 Å². The van der Waals surface area contributed by atoms with Gasteiger partial charge in [-0.3, -0.25) is 9.59 Å². The van der Waals surface area contributed by atoms with E-state index in [4.69, 9.17) is 18.9 Å². The van der Waals surface area contributed by atoms with Crippen molar-refractivity contribution in [3.63, 3.8) is 0 Å². The molecule has 0 spiro atoms. The number of anilines is 1. The molecule has 0 bridgehead atoms. The number of amides is 2. The molecule has 1 aromatic heterocycles. The maximum atomic E-state index is 12.8. The molecule has 0 aliphatic carbocycles. The van der Waals surface area contributed by atoms with Gasteiger partial charge in [-0.2, -0.15) is 0 Å². The molecule has 2 aromatic rings. The molecular weight excluding hydrogens is 464 g/mol. The topological polar surface area (TPSA) is 129 Å². The van der Waals surface area contributed by atoms with Crippen molar-refractivity contribution in [2.24, 2.45) is 0 Å². The molecule has 1 aromatic carbocycles. The number of carbonyl (C=O) groups is 4. The normalized spacial score (nSPS) is 16.2. The van der Waals surface area contributed by atoms with E-state index in [0.717, 1.165) is 16.0 Å². The molecule has 2 aliphatic rings. The minimum absolute atomic E-state index is 0.165. The number of esters is 2. The molecule has 3 heterocycles. The van der Waals surface area contributed by atoms with Crippen LogP contribution < -0.4 is 20.1 Å². The van der Waals surface area contributed by atoms with Crippen LogP contribution in [0.25, 0.3) is 0 Å². The van der Waals surface area contributed by atoms with Gasteiger partial charge in [0.25, 0.3) is 5.91 Å². The second-order valence-corrected chi connectivity index (χ2v) is 8.97. The van der Waals surface area contributed by atoms with Gasteiger partial charge in [0.1, 0.15) is 11.0 Å². The number of fused-ring (bicyclic) bond motifs is 1. The zero-order valence-electron chi connectivity index (χ0n) is 18.7. The SMILES string of the molecule is CCOC(=O)c1c(NC(=O)COC(=O)[C@@H]2CCC(=O)N2)sc(C)c1Cc1ccc2c(c1)OCO2. The number of carbonyl (C=O) groups excluding carboxylic acids is 4. The number of nitrogens with one attached hydrogen (secondary N) is 2. The molecule has 2 aliphatic heterocycles. The Kier molecular flexibility index (Phi) is 7.01. The largest absolute Gasteiger partial charge is 0.462 e. The summed E-state index contributed by atoms with van der Waals surface area (Å²) >= 11 is 1.24. The van der Waals surface area contributed by atoms with Crippen molar-refractivity contribution in [3.8, 4) is 11.5 Å². The monoisotopic (exact) mass is 488 g/mol. The van der Waals surface area contributed by atoms with Crippen LogP contribution in [0.3, 0.4) is 0 Å². The van der Waals surface area contributed by atoms with E-state index < -0.39 is 30.5 Å². The lowest BCUT2D eigenvalue weighted by Gasteiger charge is -2.11. The van der Waals surface area contributed by atoms with Crippen molar-refractivity contribution >= 4 is 40.1 Å². The van der Waals surface area contributed by atoms with Crippen molar-refractivity contribution in [2.75, 3.05) is 25.3 Å². The molecule has 0 radical (unpaired) electrons. The maximum Gasteiger partial charge on any atom is 0.341 e. The molecule has 0 saturated carbocycles. The van der Waals surface area contributed by atoms with Gasteiger partial charge in [0.15, 0.2) is 18.1 Å². The predicted molar refractivity (Wildman–Crippen MR) is 121 cm³/mol. The summed E-state index contributed by atoms with van der Waals surface area (Å²) in [6.45, 7) is 3.36. The minimum atomic E-state index is -0.743. The van der Waals surface area contributed by atoms with Crippen molar-refractivity contribution in [2.45, 2.75) is 39.2 Å². The second-order valence-electron chi connectivity index (χ2n) is 7.74. The molecule has 0 unspecified atom stereocenters. The number of hydrogen-bond acceptors (Lipinski definition) is 9. The number of thiophene rings is 1. The van der Waals surface area contributed by atoms with Gasteiger partial charge in [-0.15, -0.1) is 11.3 Å². The summed E-state index contributed by atoms with van der Waals surface area (Å²) in [6.07, 6.45) is 0.995. The zero-order valence-corrected chi connectivity index (χ0v) is 19.5. The Bertz CT molecular complexity index is 1140. The van der Waals surface area contributed by atoms with Gasteiger partial charge in [-0.05, 0) is 49.9 Å². The number of benzene rings is 1. The van der Waals surface area contributed by atoms with Crippen LogP contribution >= 0.6 is 11.3 Å². The Morgan fingerprint density at radius 1 is 1.21 bits per heavy atom. The zero-order chi connectivity index (χ0) is 24.2. The highest BCUT2D eigenvalue weighted by molar-refractivity contribution is 7.16. The quantitative estimate of drug-likeness (QED) is 0.542. The third-order valence-electron chi connectivity index (χ3n) is 5.38. The van der Waals surface area contributed by atoms with Crippen LogP contribution in [0.5, 0.6) is 11.5 Å². The van der Waals surface area contributed by atoms with E-state index in [9.17, 15) is 19.2 Å². The number of hydrogen-bond donors (Lipinski definition) is 2. The predicted octanol–water partition coefficient (Wildman–Crippen LogP) is 2.31. The van der Waals surface area contributed by atoms with Crippen molar-refractivity contribution < 1.29 is 38.1 Å². The third-order valence-corrected chi connectivity index (χ3v) is 6.45. The van der Waals surface area contributed by atoms with Crippen LogP contribution in [0.1, 0.15) is 46.1 Å². The van der Waals surface area contributed by atoms with Crippen LogP contribution in [0.2, 0.25) is 0 Å². The summed E-state index contributed by atoms with van der Waals surface area (Å²) in [5.41, 5.74) is 1.90. The molecule has 4 rings (SSSR count). The number of ether oxygens (including phenoxy) is 4. The average molecular weight is 489 g/mol. The summed E-state index contributed by atoms with van der Waals surface area (Å²) in [5.74, 6) is -0.748. The fraction of sp³-hybridized carbons (Fsp3) is 0.391. The maximum absolute atomic E-state index is 12.8. The summed E-state index contributed by atoms with van der Waals surface area (Å²) in [6, 6.07) is 4.81. The fourth-order valence-electron chi connectivity index (χ4n) is 3.74. The van der Waals surface area contributed by atoms with Gasteiger partial charge < -0.3 is 29.6 Å². The average Bonchev–Trinajstić information content (AvgIpc) is 3.51. The van der Waals surface area contributed by atoms with E-state index in [-0.39, 0.29) is 31.3 Å². The molecule has 2 N–H and O–H groups in total. The van der Waals surface area contributed by atoms with E-state index in [1.165, 1.54) is 11.3 Å². The highest BCUT2D eigenvalue weighted by atomic mass is 32.1. The van der Waals surface area contributed by atoms with Crippen LogP contribution in [-0.4, -0.2) is 49.8 Å². The Hall–Kier alpha value is -3.60. The van der Waals surface area contributed by atoms with Gasteiger partial charge in [-0.1, -0.05) is 6.07 Å². The van der Waals surface area contributed by atoms with Crippen LogP contribution in [0.15, 0.2) is 18.2 Å². The highest BCUT2D eigenvalue weighted by Gasteiger charge is 2.29. The van der Waals surface area contributed by atoms with Crippen LogP contribution in [0.4, 0.5) is 5.00 Å². The van der Waals surface area contributed by atoms with Gasteiger partial charge in [-0.25, -0.2) is 9.59 Å². The fourth-order valence-corrected chi connectivity index (χ4v) is 4.82. The molecule has 1 fully saturated rings. The summed E-state index contributed by atoms with van der Waals surface area (Å²) in [5, 5.41) is 5.48. The van der Waals surface area contributed by atoms with E-state index >= 15 is 0 Å². The number of aryl methyl sites for hydroxylation is 1. The summed E-state index contributed by atoms with van der Waals surface area (Å²) in [7, 11) is 0. The lowest BCUT2D eigenvalue weighted by molar-refractivity contribution is -0.149. The molecule has 34 heavy (non-hydrogen) atoms. The Balaban J connectivity index is 1.49. The molecule has 11 heteroatoms. The first-order valence-corrected chi connectivity index (χ1v) is 11.6. The van der Waals surface area contributed by atoms with E-state index in [0.29, 0.717) is 29.3 Å². The van der Waals surface area contributed by atoms with Crippen molar-refractivity contribution in [1.29, 1.82) is 0 Å². The molecular formula is C23H24N2O8S. The Morgan fingerprint density at radius 3 is 2.74 bits per heavy atom. The first kappa shape index (κ1) is 23.6. The highest BCUT2D eigenvalue weighted by Crippen LogP contribution is 2.37. The number of rotatable bonds is 8.